The van der Waals surface area contributed by atoms with E-state index in [-0.39, 0.29) is 11.5 Å². The number of carbonyl (C=O) groups is 1. The standard InChI is InChI=1S/C24H29ClN2O2/c1-6-11-27-22-13-21(25)18(12-20(22)16(2)14-24(27,3)4)15-26-19-9-7-17(8-10-19)23(28)29-5/h7-10,12-13,15-16H,6,11,14H2,1-5H3. The van der Waals surface area contributed by atoms with Gasteiger partial charge in [0.05, 0.1) is 23.4 Å². The predicted molar refractivity (Wildman–Crippen MR) is 121 cm³/mol. The van der Waals surface area contributed by atoms with Gasteiger partial charge < -0.3 is 9.64 Å². The second-order valence-corrected chi connectivity index (χ2v) is 8.71. The number of aliphatic imine (C=N–C) groups is 1. The SMILES string of the molecule is CCCN1c2cc(Cl)c(C=Nc3ccc(C(=O)OC)cc3)cc2C(C)CC1(C)C. The number of methoxy groups -OCH3 is 1. The summed E-state index contributed by atoms with van der Waals surface area (Å²) < 4.78 is 4.73. The third kappa shape index (κ3) is 4.48. The molecule has 1 heterocycles. The second kappa shape index (κ2) is 8.58. The molecule has 0 bridgehead atoms. The summed E-state index contributed by atoms with van der Waals surface area (Å²) in [7, 11) is 1.37. The fraction of sp³-hybridized carbons (Fsp3) is 0.417. The van der Waals surface area contributed by atoms with E-state index in [1.54, 1.807) is 30.5 Å². The molecule has 1 aliphatic heterocycles. The summed E-state index contributed by atoms with van der Waals surface area (Å²) in [6.45, 7) is 10.1. The highest BCUT2D eigenvalue weighted by Gasteiger charge is 2.36. The fourth-order valence-electron chi connectivity index (χ4n) is 4.21. The van der Waals surface area contributed by atoms with Gasteiger partial charge in [-0.3, -0.25) is 4.99 Å². The molecule has 2 aromatic carbocycles. The van der Waals surface area contributed by atoms with Crippen LogP contribution in [0.1, 0.15) is 67.9 Å². The van der Waals surface area contributed by atoms with Gasteiger partial charge >= 0.3 is 5.97 Å². The van der Waals surface area contributed by atoms with Crippen LogP contribution in [0.3, 0.4) is 0 Å². The molecule has 29 heavy (non-hydrogen) atoms. The summed E-state index contributed by atoms with van der Waals surface area (Å²) >= 11 is 6.64. The Morgan fingerprint density at radius 3 is 2.62 bits per heavy atom. The zero-order chi connectivity index (χ0) is 21.2. The van der Waals surface area contributed by atoms with Crippen LogP contribution in [0.4, 0.5) is 11.4 Å². The summed E-state index contributed by atoms with van der Waals surface area (Å²) in [4.78, 5) is 18.6. The maximum absolute atomic E-state index is 11.6. The number of benzene rings is 2. The van der Waals surface area contributed by atoms with E-state index in [1.165, 1.54) is 18.4 Å². The number of rotatable bonds is 5. The van der Waals surface area contributed by atoms with Crippen molar-refractivity contribution in [1.82, 2.24) is 0 Å². The molecule has 1 atom stereocenters. The number of anilines is 1. The first kappa shape index (κ1) is 21.4. The lowest BCUT2D eigenvalue weighted by Gasteiger charge is -2.47. The van der Waals surface area contributed by atoms with Crippen molar-refractivity contribution in [1.29, 1.82) is 0 Å². The van der Waals surface area contributed by atoms with Gasteiger partial charge in [-0.15, -0.1) is 0 Å². The van der Waals surface area contributed by atoms with E-state index < -0.39 is 0 Å². The lowest BCUT2D eigenvalue weighted by Crippen LogP contribution is -2.48. The van der Waals surface area contributed by atoms with Crippen LogP contribution >= 0.6 is 11.6 Å². The van der Waals surface area contributed by atoms with E-state index >= 15 is 0 Å². The van der Waals surface area contributed by atoms with Crippen LogP contribution in [-0.4, -0.2) is 31.4 Å². The molecular weight excluding hydrogens is 384 g/mol. The van der Waals surface area contributed by atoms with E-state index in [2.05, 4.69) is 49.7 Å². The van der Waals surface area contributed by atoms with Crippen molar-refractivity contribution >= 4 is 35.2 Å². The molecule has 0 fully saturated rings. The fourth-order valence-corrected chi connectivity index (χ4v) is 4.42. The predicted octanol–water partition coefficient (Wildman–Crippen LogP) is 6.38. The first-order valence-corrected chi connectivity index (χ1v) is 10.5. The Kier molecular flexibility index (Phi) is 6.33. The van der Waals surface area contributed by atoms with Crippen molar-refractivity contribution in [2.45, 2.75) is 52.0 Å². The molecule has 0 N–H and O–H groups in total. The molecule has 0 amide bonds. The zero-order valence-electron chi connectivity index (χ0n) is 17.8. The van der Waals surface area contributed by atoms with E-state index in [0.717, 1.165) is 30.6 Å². The summed E-state index contributed by atoms with van der Waals surface area (Å²) in [5.41, 5.74) is 4.84. The van der Waals surface area contributed by atoms with Gasteiger partial charge in [0.2, 0.25) is 0 Å². The summed E-state index contributed by atoms with van der Waals surface area (Å²) in [5.74, 6) is 0.101. The Labute approximate surface area is 178 Å². The van der Waals surface area contributed by atoms with Crippen molar-refractivity contribution in [3.8, 4) is 0 Å². The minimum Gasteiger partial charge on any atom is -0.465 e. The van der Waals surface area contributed by atoms with Crippen molar-refractivity contribution in [3.63, 3.8) is 0 Å². The highest BCUT2D eigenvalue weighted by molar-refractivity contribution is 6.33. The molecule has 1 unspecified atom stereocenters. The smallest absolute Gasteiger partial charge is 0.337 e. The topological polar surface area (TPSA) is 41.9 Å². The number of hydrogen-bond acceptors (Lipinski definition) is 4. The molecule has 0 saturated heterocycles. The Bertz CT molecular complexity index is 919. The molecule has 0 saturated carbocycles. The Morgan fingerprint density at radius 2 is 2.00 bits per heavy atom. The van der Waals surface area contributed by atoms with Crippen LogP contribution in [0.15, 0.2) is 41.4 Å². The molecule has 1 aliphatic rings. The van der Waals surface area contributed by atoms with Gasteiger partial charge in [0.1, 0.15) is 0 Å². The summed E-state index contributed by atoms with van der Waals surface area (Å²) in [6.07, 6.45) is 4.00. The number of carbonyl (C=O) groups excluding carboxylic acids is 1. The number of nitrogens with zero attached hydrogens (tertiary/aromatic N) is 2. The van der Waals surface area contributed by atoms with Crippen molar-refractivity contribution in [3.05, 3.63) is 58.1 Å². The molecular formula is C24H29ClN2O2. The largest absolute Gasteiger partial charge is 0.465 e. The van der Waals surface area contributed by atoms with Gasteiger partial charge in [-0.05, 0) is 74.6 Å². The molecule has 4 nitrogen and oxygen atoms in total. The average Bonchev–Trinajstić information content (AvgIpc) is 2.69. The first-order chi connectivity index (χ1) is 13.8. The maximum atomic E-state index is 11.6. The molecule has 0 radical (unpaired) electrons. The average molecular weight is 413 g/mol. The van der Waals surface area contributed by atoms with E-state index in [0.29, 0.717) is 16.5 Å². The van der Waals surface area contributed by atoms with E-state index in [9.17, 15) is 4.79 Å². The number of halogens is 1. The normalized spacial score (nSPS) is 18.0. The van der Waals surface area contributed by atoms with Crippen LogP contribution in [0, 0.1) is 0 Å². The summed E-state index contributed by atoms with van der Waals surface area (Å²) in [6, 6.07) is 11.3. The molecule has 2 aromatic rings. The number of ether oxygens (including phenoxy) is 1. The van der Waals surface area contributed by atoms with Gasteiger partial charge in [0, 0.05) is 29.5 Å². The molecule has 154 valence electrons. The summed E-state index contributed by atoms with van der Waals surface area (Å²) in [5, 5.41) is 0.699. The van der Waals surface area contributed by atoms with E-state index in [4.69, 9.17) is 16.3 Å². The van der Waals surface area contributed by atoms with Crippen molar-refractivity contribution in [2.24, 2.45) is 4.99 Å². The highest BCUT2D eigenvalue weighted by atomic mass is 35.5. The second-order valence-electron chi connectivity index (χ2n) is 8.30. The number of esters is 1. The van der Waals surface area contributed by atoms with Gasteiger partial charge in [-0.1, -0.05) is 25.4 Å². The van der Waals surface area contributed by atoms with Crippen LogP contribution < -0.4 is 4.90 Å². The lowest BCUT2D eigenvalue weighted by atomic mass is 9.79. The van der Waals surface area contributed by atoms with Gasteiger partial charge in [-0.25, -0.2) is 4.79 Å². The number of hydrogen-bond donors (Lipinski definition) is 0. The molecule has 3 rings (SSSR count). The maximum Gasteiger partial charge on any atom is 0.337 e. The zero-order valence-corrected chi connectivity index (χ0v) is 18.6. The van der Waals surface area contributed by atoms with Gasteiger partial charge in [0.25, 0.3) is 0 Å². The Hall–Kier alpha value is -2.33. The highest BCUT2D eigenvalue weighted by Crippen LogP contribution is 2.45. The van der Waals surface area contributed by atoms with Crippen LogP contribution in [-0.2, 0) is 4.74 Å². The monoisotopic (exact) mass is 412 g/mol. The van der Waals surface area contributed by atoms with Crippen LogP contribution in [0.5, 0.6) is 0 Å². The minimum absolute atomic E-state index is 0.114. The molecule has 0 aromatic heterocycles. The molecule has 5 heteroatoms. The van der Waals surface area contributed by atoms with Crippen LogP contribution in [0.2, 0.25) is 5.02 Å². The van der Waals surface area contributed by atoms with E-state index in [1.807, 2.05) is 0 Å². The van der Waals surface area contributed by atoms with Gasteiger partial charge in [-0.2, -0.15) is 0 Å². The Balaban J connectivity index is 1.91. The van der Waals surface area contributed by atoms with Crippen LogP contribution in [0.25, 0.3) is 0 Å². The lowest BCUT2D eigenvalue weighted by molar-refractivity contribution is 0.0601. The first-order valence-electron chi connectivity index (χ1n) is 10.1. The van der Waals surface area contributed by atoms with Gasteiger partial charge in [0.15, 0.2) is 0 Å². The van der Waals surface area contributed by atoms with Crippen molar-refractivity contribution in [2.75, 3.05) is 18.6 Å². The minimum atomic E-state index is -0.355. The quantitative estimate of drug-likeness (QED) is 0.422. The molecule has 0 spiro atoms. The molecule has 0 aliphatic carbocycles. The third-order valence-corrected chi connectivity index (χ3v) is 5.92. The third-order valence-electron chi connectivity index (χ3n) is 5.59. The van der Waals surface area contributed by atoms with Crippen molar-refractivity contribution < 1.29 is 9.53 Å². The number of fused-ring (bicyclic) bond motifs is 1. The Morgan fingerprint density at radius 1 is 1.31 bits per heavy atom.